The van der Waals surface area contributed by atoms with Gasteiger partial charge in [0, 0.05) is 26.3 Å². The molecule has 0 fully saturated rings. The van der Waals surface area contributed by atoms with Crippen LogP contribution in [-0.4, -0.2) is 37.6 Å². The summed E-state index contributed by atoms with van der Waals surface area (Å²) in [7, 11) is 0.0224. The molecule has 0 spiro atoms. The van der Waals surface area contributed by atoms with Crippen molar-refractivity contribution >= 4 is 25.3 Å². The maximum atomic E-state index is 13.2. The molecule has 0 atom stereocenters. The number of rotatable bonds is 7. The number of halogens is 3. The van der Waals surface area contributed by atoms with Gasteiger partial charge in [-0.3, -0.25) is 4.79 Å². The van der Waals surface area contributed by atoms with Crippen LogP contribution in [0.15, 0.2) is 12.3 Å². The van der Waals surface area contributed by atoms with Crippen LogP contribution in [-0.2, 0) is 17.6 Å². The third-order valence-corrected chi connectivity index (χ3v) is 5.47. The third kappa shape index (κ3) is 4.40. The van der Waals surface area contributed by atoms with Gasteiger partial charge in [0.1, 0.15) is 12.2 Å². The first-order valence-corrected chi connectivity index (χ1v) is 11.5. The quantitative estimate of drug-likeness (QED) is 0.414. The predicted molar refractivity (Wildman–Crippen MR) is 90.8 cm³/mol. The van der Waals surface area contributed by atoms with Crippen molar-refractivity contribution in [3.05, 3.63) is 23.5 Å². The highest BCUT2D eigenvalue weighted by molar-refractivity contribution is 6.76. The number of ether oxygens (including phenoxy) is 2. The van der Waals surface area contributed by atoms with Gasteiger partial charge >= 0.3 is 6.18 Å². The van der Waals surface area contributed by atoms with E-state index in [2.05, 4.69) is 24.6 Å². The summed E-state index contributed by atoms with van der Waals surface area (Å²) in [4.78, 5) is 15.1. The molecule has 0 N–H and O–H groups in total. The molecule has 0 amide bonds. The number of aromatic nitrogens is 2. The molecule has 0 aromatic carbocycles. The number of hydrogen-bond donors (Lipinski definition) is 0. The van der Waals surface area contributed by atoms with Crippen LogP contribution in [0.3, 0.4) is 0 Å². The van der Waals surface area contributed by atoms with Crippen LogP contribution >= 0.6 is 0 Å². The second-order valence-corrected chi connectivity index (χ2v) is 12.5. The number of aldehydes is 1. The molecule has 0 aliphatic rings. The summed E-state index contributed by atoms with van der Waals surface area (Å²) in [5.74, 6) is 0.0184. The summed E-state index contributed by atoms with van der Waals surface area (Å²) in [6.07, 6.45) is -3.36. The molecular formula is C16H21F3N2O3Si. The number of methoxy groups -OCH3 is 1. The normalized spacial score (nSPS) is 12.6. The third-order valence-electron chi connectivity index (χ3n) is 3.77. The Morgan fingerprint density at radius 2 is 2.00 bits per heavy atom. The van der Waals surface area contributed by atoms with Gasteiger partial charge in [0.2, 0.25) is 5.88 Å². The van der Waals surface area contributed by atoms with Crippen LogP contribution in [0.5, 0.6) is 5.88 Å². The Labute approximate surface area is 144 Å². The van der Waals surface area contributed by atoms with E-state index in [9.17, 15) is 18.0 Å². The summed E-state index contributed by atoms with van der Waals surface area (Å²) in [6, 6.07) is 2.10. The smallest absolute Gasteiger partial charge is 0.418 e. The predicted octanol–water partition coefficient (Wildman–Crippen LogP) is 4.19. The average Bonchev–Trinajstić information content (AvgIpc) is 2.87. The summed E-state index contributed by atoms with van der Waals surface area (Å²) >= 11 is 0. The molecule has 2 rings (SSSR count). The minimum Gasteiger partial charge on any atom is -0.479 e. The SMILES string of the molecule is COc1ncc(C(F)(F)F)c2cc(C=O)n(COCC[Si](C)(C)C)c12. The van der Waals surface area contributed by atoms with E-state index in [0.29, 0.717) is 19.1 Å². The fourth-order valence-corrected chi connectivity index (χ4v) is 3.16. The number of hydrogen-bond acceptors (Lipinski definition) is 4. The molecule has 25 heavy (non-hydrogen) atoms. The molecule has 9 heteroatoms. The van der Waals surface area contributed by atoms with Crippen LogP contribution in [0.4, 0.5) is 13.2 Å². The Morgan fingerprint density at radius 1 is 1.32 bits per heavy atom. The molecule has 0 aliphatic heterocycles. The molecule has 0 unspecified atom stereocenters. The number of nitrogens with zero attached hydrogens (tertiary/aromatic N) is 2. The van der Waals surface area contributed by atoms with Crippen molar-refractivity contribution < 1.29 is 27.4 Å². The second kappa shape index (κ2) is 7.16. The highest BCUT2D eigenvalue weighted by Gasteiger charge is 2.35. The molecule has 0 radical (unpaired) electrons. The Hall–Kier alpha value is -1.87. The standard InChI is InChI=1S/C16H21F3N2O3Si/c1-23-15-14-12(13(8-20-15)16(17,18)19)7-11(9-22)21(14)10-24-5-6-25(2,3)4/h7-9H,5-6,10H2,1-4H3. The van der Waals surface area contributed by atoms with Crippen molar-refractivity contribution in [2.45, 2.75) is 38.6 Å². The monoisotopic (exact) mass is 374 g/mol. The first kappa shape index (κ1) is 19.5. The lowest BCUT2D eigenvalue weighted by Crippen LogP contribution is -2.22. The Kier molecular flexibility index (Phi) is 5.57. The number of alkyl halides is 3. The van der Waals surface area contributed by atoms with Crippen molar-refractivity contribution in [2.24, 2.45) is 0 Å². The van der Waals surface area contributed by atoms with Gasteiger partial charge in [-0.2, -0.15) is 13.2 Å². The fraction of sp³-hybridized carbons (Fsp3) is 0.500. The van der Waals surface area contributed by atoms with Crippen molar-refractivity contribution in [2.75, 3.05) is 13.7 Å². The minimum atomic E-state index is -4.58. The summed E-state index contributed by atoms with van der Waals surface area (Å²) in [5.41, 5.74) is -0.723. The number of pyridine rings is 1. The van der Waals surface area contributed by atoms with E-state index in [4.69, 9.17) is 9.47 Å². The highest BCUT2D eigenvalue weighted by atomic mass is 28.3. The van der Waals surface area contributed by atoms with Crippen LogP contribution in [0, 0.1) is 0 Å². The first-order chi connectivity index (χ1) is 11.6. The summed E-state index contributed by atoms with van der Waals surface area (Å²) < 4.78 is 51.8. The molecule has 5 nitrogen and oxygen atoms in total. The van der Waals surface area contributed by atoms with Gasteiger partial charge in [0.25, 0.3) is 0 Å². The van der Waals surface area contributed by atoms with Crippen molar-refractivity contribution in [1.82, 2.24) is 9.55 Å². The van der Waals surface area contributed by atoms with Crippen LogP contribution in [0.2, 0.25) is 25.7 Å². The number of fused-ring (bicyclic) bond motifs is 1. The minimum absolute atomic E-state index is 0.0184. The van der Waals surface area contributed by atoms with Gasteiger partial charge in [0.05, 0.1) is 18.4 Å². The Balaban J connectivity index is 2.46. The van der Waals surface area contributed by atoms with Crippen LogP contribution in [0.1, 0.15) is 16.1 Å². The van der Waals surface area contributed by atoms with Crippen LogP contribution in [0.25, 0.3) is 10.9 Å². The molecule has 0 aliphatic carbocycles. The van der Waals surface area contributed by atoms with Crippen LogP contribution < -0.4 is 4.74 Å². The van der Waals surface area contributed by atoms with Gasteiger partial charge in [-0.25, -0.2) is 4.98 Å². The highest BCUT2D eigenvalue weighted by Crippen LogP contribution is 2.38. The fourth-order valence-electron chi connectivity index (χ4n) is 2.40. The average molecular weight is 374 g/mol. The lowest BCUT2D eigenvalue weighted by atomic mass is 10.1. The Morgan fingerprint density at radius 3 is 2.52 bits per heavy atom. The zero-order chi connectivity index (χ0) is 18.8. The Bertz CT molecular complexity index is 767. The van der Waals surface area contributed by atoms with Gasteiger partial charge in [-0.1, -0.05) is 19.6 Å². The van der Waals surface area contributed by atoms with E-state index in [-0.39, 0.29) is 29.2 Å². The molecular weight excluding hydrogens is 353 g/mol. The van der Waals surface area contributed by atoms with E-state index in [0.717, 1.165) is 6.04 Å². The molecule has 2 aromatic rings. The molecule has 2 aromatic heterocycles. The molecule has 0 saturated heterocycles. The second-order valence-electron chi connectivity index (χ2n) is 6.90. The topological polar surface area (TPSA) is 53.3 Å². The number of carbonyl (C=O) groups is 1. The van der Waals surface area contributed by atoms with E-state index < -0.39 is 19.8 Å². The molecule has 0 saturated carbocycles. The zero-order valence-electron chi connectivity index (χ0n) is 14.6. The molecule has 0 bridgehead atoms. The van der Waals surface area contributed by atoms with Gasteiger partial charge in [0.15, 0.2) is 6.29 Å². The summed E-state index contributed by atoms with van der Waals surface area (Å²) in [6.45, 7) is 7.02. The lowest BCUT2D eigenvalue weighted by molar-refractivity contribution is -0.136. The maximum absolute atomic E-state index is 13.2. The number of carbonyl (C=O) groups excluding carboxylic acids is 1. The van der Waals surface area contributed by atoms with Crippen molar-refractivity contribution in [1.29, 1.82) is 0 Å². The first-order valence-electron chi connectivity index (χ1n) is 7.75. The molecule has 2 heterocycles. The van der Waals surface area contributed by atoms with Gasteiger partial charge in [-0.15, -0.1) is 0 Å². The van der Waals surface area contributed by atoms with E-state index >= 15 is 0 Å². The summed E-state index contributed by atoms with van der Waals surface area (Å²) in [5, 5.41) is -0.129. The largest absolute Gasteiger partial charge is 0.479 e. The lowest BCUT2D eigenvalue weighted by Gasteiger charge is -2.16. The van der Waals surface area contributed by atoms with E-state index in [1.807, 2.05) is 0 Å². The van der Waals surface area contributed by atoms with Crippen molar-refractivity contribution in [3.63, 3.8) is 0 Å². The zero-order valence-corrected chi connectivity index (χ0v) is 15.6. The van der Waals surface area contributed by atoms with Gasteiger partial charge in [-0.05, 0) is 12.1 Å². The van der Waals surface area contributed by atoms with E-state index in [1.165, 1.54) is 17.7 Å². The molecule has 138 valence electrons. The maximum Gasteiger partial charge on any atom is 0.418 e. The van der Waals surface area contributed by atoms with Crippen molar-refractivity contribution in [3.8, 4) is 5.88 Å². The van der Waals surface area contributed by atoms with E-state index in [1.54, 1.807) is 0 Å². The van der Waals surface area contributed by atoms with Gasteiger partial charge < -0.3 is 14.0 Å².